The van der Waals surface area contributed by atoms with Crippen LogP contribution in [0.25, 0.3) is 0 Å². The van der Waals surface area contributed by atoms with E-state index in [4.69, 9.17) is 11.6 Å². The highest BCUT2D eigenvalue weighted by atomic mass is 35.5. The molecule has 0 saturated carbocycles. The lowest BCUT2D eigenvalue weighted by molar-refractivity contribution is 0.177. The van der Waals surface area contributed by atoms with Crippen LogP contribution in [0.4, 0.5) is 5.95 Å². The Kier molecular flexibility index (Phi) is 6.81. The smallest absolute Gasteiger partial charge is 0.244 e. The minimum Gasteiger partial charge on any atom is -0.341 e. The molecule has 0 amide bonds. The van der Waals surface area contributed by atoms with Crippen molar-refractivity contribution in [3.05, 3.63) is 46.7 Å². The SMILES string of the molecule is Cc1cc(C)nc(N2CCC(N3CCCN(S(=O)(=O)c4ccccc4Cl)CC3)CC2)n1. The summed E-state index contributed by atoms with van der Waals surface area (Å²) in [5.74, 6) is 0.823. The standard InChI is InChI=1S/C22H30ClN5O2S/c1-17-16-18(2)25-22(24-17)27-12-8-19(9-13-27)26-10-5-11-28(15-14-26)31(29,30)21-7-4-3-6-20(21)23/h3-4,6-7,16,19H,5,8-15H2,1-2H3. The molecule has 9 heteroatoms. The van der Waals surface area contributed by atoms with Gasteiger partial charge >= 0.3 is 0 Å². The second-order valence-electron chi connectivity index (χ2n) is 8.39. The second-order valence-corrected chi connectivity index (χ2v) is 10.7. The number of sulfonamides is 1. The average molecular weight is 464 g/mol. The van der Waals surface area contributed by atoms with Crippen LogP contribution < -0.4 is 4.90 Å². The summed E-state index contributed by atoms with van der Waals surface area (Å²) in [4.78, 5) is 14.1. The molecule has 0 spiro atoms. The van der Waals surface area contributed by atoms with Crippen LogP contribution in [0.15, 0.2) is 35.2 Å². The van der Waals surface area contributed by atoms with E-state index in [1.54, 1.807) is 28.6 Å². The van der Waals surface area contributed by atoms with Crippen LogP contribution in [0.3, 0.4) is 0 Å². The van der Waals surface area contributed by atoms with Gasteiger partial charge in [-0.2, -0.15) is 4.31 Å². The van der Waals surface area contributed by atoms with Gasteiger partial charge in [-0.3, -0.25) is 4.90 Å². The summed E-state index contributed by atoms with van der Waals surface area (Å²) in [5.41, 5.74) is 1.99. The van der Waals surface area contributed by atoms with Gasteiger partial charge in [0, 0.05) is 50.2 Å². The summed E-state index contributed by atoms with van der Waals surface area (Å²) in [6, 6.07) is 9.15. The largest absolute Gasteiger partial charge is 0.341 e. The number of anilines is 1. The first kappa shape index (κ1) is 22.5. The summed E-state index contributed by atoms with van der Waals surface area (Å²) in [6.07, 6.45) is 2.89. The van der Waals surface area contributed by atoms with E-state index in [9.17, 15) is 8.42 Å². The maximum absolute atomic E-state index is 13.1. The Labute approximate surface area is 190 Å². The molecule has 0 bridgehead atoms. The van der Waals surface area contributed by atoms with Crippen LogP contribution in [0.2, 0.25) is 5.02 Å². The van der Waals surface area contributed by atoms with Crippen molar-refractivity contribution in [3.8, 4) is 0 Å². The maximum atomic E-state index is 13.1. The fraction of sp³-hybridized carbons (Fsp3) is 0.545. The fourth-order valence-corrected chi connectivity index (χ4v) is 6.55. The highest BCUT2D eigenvalue weighted by molar-refractivity contribution is 7.89. The van der Waals surface area contributed by atoms with Gasteiger partial charge in [-0.25, -0.2) is 18.4 Å². The first-order chi connectivity index (χ1) is 14.8. The highest BCUT2D eigenvalue weighted by Gasteiger charge is 2.32. The molecule has 2 saturated heterocycles. The first-order valence-corrected chi connectivity index (χ1v) is 12.7. The van der Waals surface area contributed by atoms with Gasteiger partial charge in [-0.05, 0) is 57.9 Å². The Balaban J connectivity index is 1.37. The Morgan fingerprint density at radius 1 is 0.935 bits per heavy atom. The van der Waals surface area contributed by atoms with Crippen molar-refractivity contribution in [2.24, 2.45) is 0 Å². The molecule has 7 nitrogen and oxygen atoms in total. The zero-order chi connectivity index (χ0) is 22.0. The monoisotopic (exact) mass is 463 g/mol. The molecule has 0 radical (unpaired) electrons. The van der Waals surface area contributed by atoms with Crippen molar-refractivity contribution in [2.45, 2.75) is 44.0 Å². The van der Waals surface area contributed by atoms with Gasteiger partial charge in [0.05, 0.1) is 5.02 Å². The number of halogens is 1. The molecule has 2 aliphatic rings. The summed E-state index contributed by atoms with van der Waals surface area (Å²) >= 11 is 6.17. The Morgan fingerprint density at radius 2 is 1.61 bits per heavy atom. The number of rotatable bonds is 4. The molecule has 2 aromatic rings. The molecule has 0 atom stereocenters. The van der Waals surface area contributed by atoms with Crippen molar-refractivity contribution < 1.29 is 8.42 Å². The molecular formula is C22H30ClN5O2S. The topological polar surface area (TPSA) is 69.6 Å². The van der Waals surface area contributed by atoms with Crippen molar-refractivity contribution in [1.29, 1.82) is 0 Å². The Hall–Kier alpha value is -1.74. The Morgan fingerprint density at radius 3 is 2.29 bits per heavy atom. The van der Waals surface area contributed by atoms with Crippen LogP contribution in [0, 0.1) is 13.8 Å². The van der Waals surface area contributed by atoms with Gasteiger partial charge in [0.1, 0.15) is 4.90 Å². The predicted molar refractivity (Wildman–Crippen MR) is 123 cm³/mol. The number of benzene rings is 1. The van der Waals surface area contributed by atoms with E-state index < -0.39 is 10.0 Å². The van der Waals surface area contributed by atoms with E-state index in [2.05, 4.69) is 19.8 Å². The van der Waals surface area contributed by atoms with Crippen molar-refractivity contribution >= 4 is 27.6 Å². The maximum Gasteiger partial charge on any atom is 0.244 e. The third kappa shape index (κ3) is 5.03. The molecule has 1 aromatic heterocycles. The van der Waals surface area contributed by atoms with Crippen LogP contribution >= 0.6 is 11.6 Å². The Bertz CT molecular complexity index is 1000. The number of aryl methyl sites for hydroxylation is 2. The number of hydrogen-bond donors (Lipinski definition) is 0. The summed E-state index contributed by atoms with van der Waals surface area (Å²) in [5, 5.41) is 0.282. The van der Waals surface area contributed by atoms with E-state index in [0.717, 1.165) is 62.8 Å². The molecule has 4 rings (SSSR count). The predicted octanol–water partition coefficient (Wildman–Crippen LogP) is 3.11. The van der Waals surface area contributed by atoms with Crippen LogP contribution in [0.1, 0.15) is 30.7 Å². The van der Waals surface area contributed by atoms with Crippen molar-refractivity contribution in [3.63, 3.8) is 0 Å². The molecule has 3 heterocycles. The summed E-state index contributed by atoms with van der Waals surface area (Å²) in [7, 11) is -3.57. The molecule has 31 heavy (non-hydrogen) atoms. The number of piperidine rings is 1. The van der Waals surface area contributed by atoms with Crippen LogP contribution in [0.5, 0.6) is 0 Å². The molecule has 0 unspecified atom stereocenters. The lowest BCUT2D eigenvalue weighted by Crippen LogP contribution is -2.46. The van der Waals surface area contributed by atoms with Gasteiger partial charge in [0.15, 0.2) is 0 Å². The second kappa shape index (κ2) is 9.40. The van der Waals surface area contributed by atoms with Crippen molar-refractivity contribution in [2.75, 3.05) is 44.2 Å². The number of hydrogen-bond acceptors (Lipinski definition) is 6. The fourth-order valence-electron chi connectivity index (χ4n) is 4.59. The van der Waals surface area contributed by atoms with E-state index in [1.165, 1.54) is 0 Å². The van der Waals surface area contributed by atoms with E-state index >= 15 is 0 Å². The molecule has 2 fully saturated rings. The summed E-state index contributed by atoms with van der Waals surface area (Å²) in [6.45, 7) is 8.54. The van der Waals surface area contributed by atoms with Gasteiger partial charge in [0.2, 0.25) is 16.0 Å². The molecular weight excluding hydrogens is 434 g/mol. The van der Waals surface area contributed by atoms with Crippen LogP contribution in [-0.2, 0) is 10.0 Å². The summed E-state index contributed by atoms with van der Waals surface area (Å²) < 4.78 is 27.8. The molecule has 168 valence electrons. The van der Waals surface area contributed by atoms with Crippen molar-refractivity contribution in [1.82, 2.24) is 19.2 Å². The lowest BCUT2D eigenvalue weighted by atomic mass is 10.0. The number of nitrogens with zero attached hydrogens (tertiary/aromatic N) is 5. The average Bonchev–Trinajstić information content (AvgIpc) is 3.00. The normalized spacial score (nSPS) is 20.0. The zero-order valence-corrected chi connectivity index (χ0v) is 19.7. The minimum absolute atomic E-state index is 0.201. The van der Waals surface area contributed by atoms with Gasteiger partial charge in [-0.1, -0.05) is 23.7 Å². The quantitative estimate of drug-likeness (QED) is 0.693. The van der Waals surface area contributed by atoms with E-state index in [1.807, 2.05) is 19.9 Å². The lowest BCUT2D eigenvalue weighted by Gasteiger charge is -2.38. The third-order valence-electron chi connectivity index (χ3n) is 6.18. The first-order valence-electron chi connectivity index (χ1n) is 10.9. The van der Waals surface area contributed by atoms with Gasteiger partial charge in [-0.15, -0.1) is 0 Å². The molecule has 0 N–H and O–H groups in total. The van der Waals surface area contributed by atoms with Crippen LogP contribution in [-0.4, -0.2) is 72.9 Å². The van der Waals surface area contributed by atoms with Gasteiger partial charge in [0.25, 0.3) is 0 Å². The van der Waals surface area contributed by atoms with E-state index in [-0.39, 0.29) is 9.92 Å². The number of aromatic nitrogens is 2. The molecule has 0 aliphatic carbocycles. The van der Waals surface area contributed by atoms with E-state index in [0.29, 0.717) is 19.1 Å². The highest BCUT2D eigenvalue weighted by Crippen LogP contribution is 2.26. The zero-order valence-electron chi connectivity index (χ0n) is 18.2. The minimum atomic E-state index is -3.57. The molecule has 1 aromatic carbocycles. The van der Waals surface area contributed by atoms with Gasteiger partial charge < -0.3 is 4.90 Å². The third-order valence-corrected chi connectivity index (χ3v) is 8.58. The molecule has 2 aliphatic heterocycles.